The van der Waals surface area contributed by atoms with Crippen LogP contribution in [0, 0.1) is 5.92 Å². The van der Waals surface area contributed by atoms with Crippen LogP contribution in [0.1, 0.15) is 31.7 Å². The van der Waals surface area contributed by atoms with Gasteiger partial charge in [-0.3, -0.25) is 0 Å². The van der Waals surface area contributed by atoms with E-state index in [1.807, 2.05) is 24.3 Å². The number of rotatable bonds is 7. The highest BCUT2D eigenvalue weighted by molar-refractivity contribution is 6.30. The fourth-order valence-corrected chi connectivity index (χ4v) is 1.87. The maximum atomic E-state index is 9.38. The molecule has 0 aliphatic heterocycles. The molecule has 0 saturated carbocycles. The molecule has 1 unspecified atom stereocenters. The number of hydrogen-bond acceptors (Lipinski definition) is 2. The zero-order valence-corrected chi connectivity index (χ0v) is 11.3. The van der Waals surface area contributed by atoms with Gasteiger partial charge in [0, 0.05) is 24.2 Å². The molecule has 0 heterocycles. The minimum atomic E-state index is 0.112. The van der Waals surface area contributed by atoms with Crippen LogP contribution in [0.2, 0.25) is 5.02 Å². The van der Waals surface area contributed by atoms with Crippen LogP contribution < -0.4 is 0 Å². The van der Waals surface area contributed by atoms with E-state index < -0.39 is 0 Å². The molecule has 0 saturated heterocycles. The molecule has 1 aromatic rings. The molecule has 0 aromatic heterocycles. The smallest absolute Gasteiger partial charge is 0.0500 e. The maximum Gasteiger partial charge on any atom is 0.0500 e. The predicted octanol–water partition coefficient (Wildman–Crippen LogP) is 3.48. The lowest BCUT2D eigenvalue weighted by Crippen LogP contribution is -2.10. The number of hydrogen-bond donors (Lipinski definition) is 1. The highest BCUT2D eigenvalue weighted by atomic mass is 35.5. The molecule has 0 aliphatic carbocycles. The van der Waals surface area contributed by atoms with Gasteiger partial charge in [-0.05, 0) is 30.0 Å². The normalized spacial score (nSPS) is 13.0. The fraction of sp³-hybridized carbons (Fsp3) is 0.571. The van der Waals surface area contributed by atoms with Crippen LogP contribution in [0.25, 0.3) is 0 Å². The van der Waals surface area contributed by atoms with Gasteiger partial charge < -0.3 is 9.84 Å². The summed E-state index contributed by atoms with van der Waals surface area (Å²) in [5, 5.41) is 10.1. The van der Waals surface area contributed by atoms with E-state index in [4.69, 9.17) is 16.3 Å². The lowest BCUT2D eigenvalue weighted by atomic mass is 9.97. The minimum absolute atomic E-state index is 0.112. The van der Waals surface area contributed by atoms with Gasteiger partial charge in [0.15, 0.2) is 0 Å². The lowest BCUT2D eigenvalue weighted by Gasteiger charge is -2.15. The van der Waals surface area contributed by atoms with E-state index in [1.165, 1.54) is 0 Å². The molecule has 0 fully saturated rings. The zero-order valence-electron chi connectivity index (χ0n) is 10.5. The Hall–Kier alpha value is -0.570. The molecule has 1 aromatic carbocycles. The summed E-state index contributed by atoms with van der Waals surface area (Å²) in [6.07, 6.45) is 0.823. The molecular formula is C14H21ClO2. The van der Waals surface area contributed by atoms with Gasteiger partial charge in [0.05, 0.1) is 6.61 Å². The highest BCUT2D eigenvalue weighted by Gasteiger charge is 2.10. The molecule has 1 rings (SSSR count). The van der Waals surface area contributed by atoms with Crippen molar-refractivity contribution in [1.29, 1.82) is 0 Å². The van der Waals surface area contributed by atoms with Crippen LogP contribution >= 0.6 is 11.6 Å². The van der Waals surface area contributed by atoms with Gasteiger partial charge in [-0.1, -0.05) is 37.6 Å². The molecule has 17 heavy (non-hydrogen) atoms. The minimum Gasteiger partial charge on any atom is -0.396 e. The topological polar surface area (TPSA) is 29.5 Å². The SMILES string of the molecule is CC(C)COCCC(CO)c1cccc(Cl)c1. The summed E-state index contributed by atoms with van der Waals surface area (Å²) >= 11 is 5.94. The third-order valence-electron chi connectivity index (χ3n) is 2.60. The lowest BCUT2D eigenvalue weighted by molar-refractivity contribution is 0.0977. The van der Waals surface area contributed by atoms with Gasteiger partial charge in [0.25, 0.3) is 0 Å². The number of halogens is 1. The van der Waals surface area contributed by atoms with Crippen molar-refractivity contribution >= 4 is 11.6 Å². The first-order valence-electron chi connectivity index (χ1n) is 6.07. The standard InChI is InChI=1S/C14H21ClO2/c1-11(2)10-17-7-6-13(9-16)12-4-3-5-14(15)8-12/h3-5,8,11,13,16H,6-7,9-10H2,1-2H3. The van der Waals surface area contributed by atoms with Crippen molar-refractivity contribution in [3.63, 3.8) is 0 Å². The van der Waals surface area contributed by atoms with Crippen molar-refractivity contribution in [3.8, 4) is 0 Å². The number of aliphatic hydroxyl groups is 1. The van der Waals surface area contributed by atoms with Crippen molar-refractivity contribution < 1.29 is 9.84 Å². The van der Waals surface area contributed by atoms with E-state index in [2.05, 4.69) is 13.8 Å². The van der Waals surface area contributed by atoms with Gasteiger partial charge in [0.2, 0.25) is 0 Å². The van der Waals surface area contributed by atoms with Crippen LogP contribution in [0.4, 0.5) is 0 Å². The Labute approximate surface area is 109 Å². The van der Waals surface area contributed by atoms with Crippen LogP contribution in [0.15, 0.2) is 24.3 Å². The first-order chi connectivity index (χ1) is 8.13. The van der Waals surface area contributed by atoms with E-state index in [9.17, 15) is 5.11 Å². The number of aliphatic hydroxyl groups excluding tert-OH is 1. The van der Waals surface area contributed by atoms with Crippen molar-refractivity contribution in [1.82, 2.24) is 0 Å². The summed E-state index contributed by atoms with van der Waals surface area (Å²) < 4.78 is 5.54. The van der Waals surface area contributed by atoms with E-state index in [0.29, 0.717) is 17.5 Å². The molecule has 0 bridgehead atoms. The summed E-state index contributed by atoms with van der Waals surface area (Å²) in [6.45, 7) is 5.83. The van der Waals surface area contributed by atoms with E-state index in [1.54, 1.807) is 0 Å². The van der Waals surface area contributed by atoms with Gasteiger partial charge in [-0.2, -0.15) is 0 Å². The fourth-order valence-electron chi connectivity index (χ4n) is 1.67. The van der Waals surface area contributed by atoms with Gasteiger partial charge in [0.1, 0.15) is 0 Å². The Balaban J connectivity index is 2.43. The molecular weight excluding hydrogens is 236 g/mol. The largest absolute Gasteiger partial charge is 0.396 e. The molecule has 1 atom stereocenters. The Kier molecular flexibility index (Phi) is 6.56. The average molecular weight is 257 g/mol. The monoisotopic (exact) mass is 256 g/mol. The van der Waals surface area contributed by atoms with Gasteiger partial charge in [-0.25, -0.2) is 0 Å². The van der Waals surface area contributed by atoms with Crippen molar-refractivity contribution in [3.05, 3.63) is 34.9 Å². The van der Waals surface area contributed by atoms with E-state index in [0.717, 1.165) is 18.6 Å². The van der Waals surface area contributed by atoms with E-state index >= 15 is 0 Å². The maximum absolute atomic E-state index is 9.38. The predicted molar refractivity (Wildman–Crippen MR) is 71.6 cm³/mol. The molecule has 2 nitrogen and oxygen atoms in total. The summed E-state index contributed by atoms with van der Waals surface area (Å²) in [4.78, 5) is 0. The van der Waals surface area contributed by atoms with E-state index in [-0.39, 0.29) is 12.5 Å². The van der Waals surface area contributed by atoms with Crippen LogP contribution in [0.5, 0.6) is 0 Å². The molecule has 0 aliphatic rings. The molecule has 0 radical (unpaired) electrons. The summed E-state index contributed by atoms with van der Waals surface area (Å²) in [5.41, 5.74) is 1.08. The molecule has 0 spiro atoms. The van der Waals surface area contributed by atoms with Crippen molar-refractivity contribution in [2.24, 2.45) is 5.92 Å². The first kappa shape index (κ1) is 14.5. The van der Waals surface area contributed by atoms with Gasteiger partial charge in [-0.15, -0.1) is 0 Å². The second-order valence-electron chi connectivity index (χ2n) is 4.69. The van der Waals surface area contributed by atoms with Crippen LogP contribution in [0.3, 0.4) is 0 Å². The van der Waals surface area contributed by atoms with Crippen LogP contribution in [-0.2, 0) is 4.74 Å². The Morgan fingerprint density at radius 3 is 2.71 bits per heavy atom. The second kappa shape index (κ2) is 7.70. The summed E-state index contributed by atoms with van der Waals surface area (Å²) in [7, 11) is 0. The third-order valence-corrected chi connectivity index (χ3v) is 2.84. The Bertz CT molecular complexity index is 326. The van der Waals surface area contributed by atoms with Gasteiger partial charge >= 0.3 is 0 Å². The number of ether oxygens (including phenoxy) is 1. The second-order valence-corrected chi connectivity index (χ2v) is 5.13. The Morgan fingerprint density at radius 2 is 2.12 bits per heavy atom. The molecule has 3 heteroatoms. The summed E-state index contributed by atoms with van der Waals surface area (Å²) in [5.74, 6) is 0.662. The highest BCUT2D eigenvalue weighted by Crippen LogP contribution is 2.22. The molecule has 0 amide bonds. The summed E-state index contributed by atoms with van der Waals surface area (Å²) in [6, 6.07) is 7.66. The first-order valence-corrected chi connectivity index (χ1v) is 6.45. The van der Waals surface area contributed by atoms with Crippen LogP contribution in [-0.4, -0.2) is 24.9 Å². The average Bonchev–Trinajstić information content (AvgIpc) is 2.29. The molecule has 96 valence electrons. The Morgan fingerprint density at radius 1 is 1.35 bits per heavy atom. The van der Waals surface area contributed by atoms with Crippen molar-refractivity contribution in [2.45, 2.75) is 26.2 Å². The van der Waals surface area contributed by atoms with Crippen molar-refractivity contribution in [2.75, 3.05) is 19.8 Å². The zero-order chi connectivity index (χ0) is 12.7. The number of benzene rings is 1. The third kappa shape index (κ3) is 5.53. The quantitative estimate of drug-likeness (QED) is 0.757. The molecule has 1 N–H and O–H groups in total.